The van der Waals surface area contributed by atoms with Crippen molar-refractivity contribution < 1.29 is 32.9 Å². The van der Waals surface area contributed by atoms with E-state index in [-0.39, 0.29) is 12.5 Å². The predicted octanol–water partition coefficient (Wildman–Crippen LogP) is 17.7. The number of phosphoric ester groups is 1. The first kappa shape index (κ1) is 68.5. The molecule has 0 aliphatic heterocycles. The maximum absolute atomic E-state index is 13.0. The number of nitrogens with one attached hydrogen (secondary N) is 1. The van der Waals surface area contributed by atoms with Gasteiger partial charge in [0.1, 0.15) is 13.2 Å². The molecule has 0 saturated carbocycles. The van der Waals surface area contributed by atoms with Gasteiger partial charge in [-0.1, -0.05) is 262 Å². The van der Waals surface area contributed by atoms with Gasteiger partial charge >= 0.3 is 0 Å². The highest BCUT2D eigenvalue weighted by Crippen LogP contribution is 2.38. The lowest BCUT2D eigenvalue weighted by molar-refractivity contribution is -0.870. The molecule has 0 fully saturated rings. The number of aliphatic hydroxyl groups is 1. The number of hydrogen-bond acceptors (Lipinski definition) is 6. The number of quaternary nitrogens is 1. The van der Waals surface area contributed by atoms with E-state index in [0.717, 1.165) is 44.9 Å². The summed E-state index contributed by atoms with van der Waals surface area (Å²) in [5, 5.41) is 13.9. The molecule has 0 saturated heterocycles. The van der Waals surface area contributed by atoms with Crippen LogP contribution < -0.4 is 10.2 Å². The quantitative estimate of drug-likeness (QED) is 0.0272. The fourth-order valence-electron chi connectivity index (χ4n) is 8.79. The Labute approximate surface area is 435 Å². The van der Waals surface area contributed by atoms with E-state index in [1.165, 1.54) is 218 Å². The zero-order valence-corrected chi connectivity index (χ0v) is 47.9. The highest BCUT2D eigenvalue weighted by Gasteiger charge is 2.23. The monoisotopic (exact) mass is 1000 g/mol. The van der Waals surface area contributed by atoms with Crippen LogP contribution in [0.25, 0.3) is 0 Å². The second kappa shape index (κ2) is 52.3. The van der Waals surface area contributed by atoms with Crippen molar-refractivity contribution in [3.05, 3.63) is 48.6 Å². The van der Waals surface area contributed by atoms with Crippen LogP contribution in [-0.4, -0.2) is 68.5 Å². The lowest BCUT2D eigenvalue weighted by atomic mass is 10.0. The highest BCUT2D eigenvalue weighted by atomic mass is 31.2. The Kier molecular flexibility index (Phi) is 51.2. The maximum atomic E-state index is 13.0. The van der Waals surface area contributed by atoms with Crippen molar-refractivity contribution in [2.45, 2.75) is 296 Å². The predicted molar refractivity (Wildman–Crippen MR) is 302 cm³/mol. The molecule has 3 unspecified atom stereocenters. The van der Waals surface area contributed by atoms with E-state index in [0.29, 0.717) is 17.4 Å². The van der Waals surface area contributed by atoms with Gasteiger partial charge in [-0.3, -0.25) is 9.36 Å². The third-order valence-electron chi connectivity index (χ3n) is 13.5. The minimum atomic E-state index is -4.61. The van der Waals surface area contributed by atoms with E-state index in [4.69, 9.17) is 9.05 Å². The van der Waals surface area contributed by atoms with Crippen molar-refractivity contribution in [3.63, 3.8) is 0 Å². The summed E-state index contributed by atoms with van der Waals surface area (Å²) in [4.78, 5) is 25.5. The van der Waals surface area contributed by atoms with Crippen LogP contribution in [0.1, 0.15) is 284 Å². The first-order chi connectivity index (χ1) is 34.0. The second-order valence-electron chi connectivity index (χ2n) is 21.7. The molecule has 412 valence electrons. The van der Waals surface area contributed by atoms with Gasteiger partial charge in [0.15, 0.2) is 0 Å². The van der Waals surface area contributed by atoms with Gasteiger partial charge in [0.05, 0.1) is 39.9 Å². The van der Waals surface area contributed by atoms with E-state index in [9.17, 15) is 19.4 Å². The molecular formula is C61H117N2O6P. The molecule has 8 nitrogen and oxygen atoms in total. The van der Waals surface area contributed by atoms with Gasteiger partial charge in [-0.2, -0.15) is 0 Å². The molecule has 3 atom stereocenters. The largest absolute Gasteiger partial charge is 0.756 e. The van der Waals surface area contributed by atoms with E-state index >= 15 is 0 Å². The standard InChI is InChI=1S/C61H117N2O6P/c1-6-8-10-12-14-16-18-20-22-24-26-28-30-31-33-34-36-38-40-42-44-46-48-50-52-54-60(64)59(58-69-70(66,67)68-57-56-63(3,4)5)62-61(65)55-53-51-49-47-45-43-41-39-37-35-32-29-27-25-23-21-19-17-15-13-11-9-7-2/h19,21,25,27,44,46,52,54,59-60,64H,6-18,20,22-24,26,28-43,45,47-51,53,55-58H2,1-5H3,(H-,62,65,66,67)/b21-19-,27-25-,46-44+,54-52+. The Balaban J connectivity index is 4.23. The summed E-state index contributed by atoms with van der Waals surface area (Å²) in [7, 11) is 1.25. The summed E-state index contributed by atoms with van der Waals surface area (Å²) in [5.41, 5.74) is 0. The van der Waals surface area contributed by atoms with Crippen LogP contribution >= 0.6 is 7.82 Å². The van der Waals surface area contributed by atoms with Crippen molar-refractivity contribution in [1.82, 2.24) is 5.32 Å². The molecule has 0 aromatic heterocycles. The fraction of sp³-hybridized carbons (Fsp3) is 0.852. The van der Waals surface area contributed by atoms with Crippen LogP contribution in [0.2, 0.25) is 0 Å². The second-order valence-corrected chi connectivity index (χ2v) is 23.1. The van der Waals surface area contributed by atoms with Gasteiger partial charge in [-0.05, 0) is 64.2 Å². The van der Waals surface area contributed by atoms with Crippen molar-refractivity contribution in [1.29, 1.82) is 0 Å². The molecule has 9 heteroatoms. The minimum absolute atomic E-state index is 0.00711. The molecule has 0 aromatic carbocycles. The Morgan fingerprint density at radius 2 is 0.843 bits per heavy atom. The number of allylic oxidation sites excluding steroid dienone is 7. The molecule has 0 rings (SSSR count). The number of amides is 1. The third kappa shape index (κ3) is 54.2. The first-order valence-electron chi connectivity index (χ1n) is 30.0. The van der Waals surface area contributed by atoms with Gasteiger partial charge in [0.2, 0.25) is 5.91 Å². The number of phosphoric acid groups is 1. The lowest BCUT2D eigenvalue weighted by Gasteiger charge is -2.29. The SMILES string of the molecule is CCCCCCC/C=C\C/C=C\CCCCCCCCCCCCCC(=O)NC(COP(=O)([O-])OCC[N+](C)(C)C)C(O)/C=C/CC/C=C/CCCCCCCCCCCCCCCCCCCCC. The van der Waals surface area contributed by atoms with Crippen LogP contribution in [0.15, 0.2) is 48.6 Å². The van der Waals surface area contributed by atoms with Crippen molar-refractivity contribution >= 4 is 13.7 Å². The van der Waals surface area contributed by atoms with Gasteiger partial charge in [0.25, 0.3) is 7.82 Å². The number of carbonyl (C=O) groups excluding carboxylic acids is 1. The Bertz CT molecular complexity index is 1280. The molecule has 0 aromatic rings. The fourth-order valence-corrected chi connectivity index (χ4v) is 9.51. The minimum Gasteiger partial charge on any atom is -0.756 e. The van der Waals surface area contributed by atoms with E-state index in [2.05, 4.69) is 55.6 Å². The van der Waals surface area contributed by atoms with Crippen molar-refractivity contribution in [2.75, 3.05) is 40.9 Å². The summed E-state index contributed by atoms with van der Waals surface area (Å²) in [6.45, 7) is 4.65. The van der Waals surface area contributed by atoms with Gasteiger partial charge < -0.3 is 28.8 Å². The van der Waals surface area contributed by atoms with Crippen LogP contribution in [-0.2, 0) is 18.4 Å². The zero-order valence-electron chi connectivity index (χ0n) is 47.0. The average molecular weight is 1010 g/mol. The summed E-state index contributed by atoms with van der Waals surface area (Å²) >= 11 is 0. The zero-order chi connectivity index (χ0) is 51.3. The number of unbranched alkanes of at least 4 members (excludes halogenated alkanes) is 36. The summed E-state index contributed by atoms with van der Waals surface area (Å²) in [5.74, 6) is -0.207. The molecule has 0 radical (unpaired) electrons. The van der Waals surface area contributed by atoms with Crippen molar-refractivity contribution in [3.8, 4) is 0 Å². The summed E-state index contributed by atoms with van der Waals surface area (Å²) < 4.78 is 23.4. The van der Waals surface area contributed by atoms with Crippen molar-refractivity contribution in [2.24, 2.45) is 0 Å². The number of likely N-dealkylation sites (N-methyl/N-ethyl adjacent to an activating group) is 1. The first-order valence-corrected chi connectivity index (χ1v) is 31.5. The van der Waals surface area contributed by atoms with Crippen LogP contribution in [0.4, 0.5) is 0 Å². The third-order valence-corrected chi connectivity index (χ3v) is 14.5. The molecule has 1 amide bonds. The van der Waals surface area contributed by atoms with E-state index in [1.807, 2.05) is 27.2 Å². The number of hydrogen-bond donors (Lipinski definition) is 2. The molecular weight excluding hydrogens is 888 g/mol. The Morgan fingerprint density at radius 1 is 0.500 bits per heavy atom. The molecule has 0 aliphatic rings. The molecule has 0 spiro atoms. The number of rotatable bonds is 55. The van der Waals surface area contributed by atoms with Gasteiger partial charge in [-0.25, -0.2) is 0 Å². The smallest absolute Gasteiger partial charge is 0.268 e. The molecule has 2 N–H and O–H groups in total. The number of carbonyl (C=O) groups is 1. The average Bonchev–Trinajstić information content (AvgIpc) is 3.32. The van der Waals surface area contributed by atoms with E-state index in [1.54, 1.807) is 6.08 Å². The summed E-state index contributed by atoms with van der Waals surface area (Å²) in [6.07, 6.45) is 69.1. The van der Waals surface area contributed by atoms with Gasteiger partial charge in [0, 0.05) is 6.42 Å². The normalized spacial score (nSPS) is 14.2. The Morgan fingerprint density at radius 3 is 1.24 bits per heavy atom. The van der Waals surface area contributed by atoms with Crippen LogP contribution in [0, 0.1) is 0 Å². The molecule has 0 bridgehead atoms. The number of nitrogens with zero attached hydrogens (tertiary/aromatic N) is 1. The molecule has 0 heterocycles. The van der Waals surface area contributed by atoms with Crippen LogP contribution in [0.3, 0.4) is 0 Å². The molecule has 0 aliphatic carbocycles. The topological polar surface area (TPSA) is 108 Å². The maximum Gasteiger partial charge on any atom is 0.268 e. The lowest BCUT2D eigenvalue weighted by Crippen LogP contribution is -2.45. The summed E-state index contributed by atoms with van der Waals surface area (Å²) in [6, 6.07) is -0.906. The van der Waals surface area contributed by atoms with Gasteiger partial charge in [-0.15, -0.1) is 0 Å². The van der Waals surface area contributed by atoms with Crippen LogP contribution in [0.5, 0.6) is 0 Å². The number of aliphatic hydroxyl groups excluding tert-OH is 1. The molecule has 70 heavy (non-hydrogen) atoms. The Hall–Kier alpha value is -1.54. The highest BCUT2D eigenvalue weighted by molar-refractivity contribution is 7.45. The van der Waals surface area contributed by atoms with E-state index < -0.39 is 26.6 Å².